The third-order valence-corrected chi connectivity index (χ3v) is 8.47. The Morgan fingerprint density at radius 3 is 2.06 bits per heavy atom. The van der Waals surface area contributed by atoms with Crippen LogP contribution in [0.15, 0.2) is 60.7 Å². The molecule has 8 rings (SSSR count). The van der Waals surface area contributed by atoms with Crippen molar-refractivity contribution in [1.29, 1.82) is 0 Å². The molecule has 2 aromatic rings. The molecule has 5 nitrogen and oxygen atoms in total. The molecule has 31 heavy (non-hydrogen) atoms. The highest BCUT2D eigenvalue weighted by Crippen LogP contribution is 2.63. The Kier molecular flexibility index (Phi) is 3.12. The minimum atomic E-state index is -0.642. The van der Waals surface area contributed by atoms with Crippen LogP contribution >= 0.6 is 0 Å². The summed E-state index contributed by atoms with van der Waals surface area (Å²) in [7, 11) is 0. The van der Waals surface area contributed by atoms with E-state index in [1.165, 1.54) is 22.3 Å². The van der Waals surface area contributed by atoms with E-state index >= 15 is 0 Å². The number of fused-ring (bicyclic) bond motifs is 2. The van der Waals surface area contributed by atoms with Gasteiger partial charge in [0.05, 0.1) is 17.6 Å². The van der Waals surface area contributed by atoms with Gasteiger partial charge in [-0.2, -0.15) is 0 Å². The number of rotatable bonds is 1. The van der Waals surface area contributed by atoms with E-state index in [4.69, 9.17) is 9.47 Å². The standard InChI is InChI=1S/C26H23NO4/c1-25-15-7-3-5-9-17(15)26(2,18-10-6-4-8-16(18)25)23-22(25)27(24(29)31-23)21-19(28)13-14-11-12-20(21)30-14/h3-12,14,20-23H,13H2,1-2H3/t14-,20+,21-,22+,23-,25?,26?/m1/s1. The van der Waals surface area contributed by atoms with Gasteiger partial charge in [-0.05, 0) is 36.1 Å². The van der Waals surface area contributed by atoms with Crippen molar-refractivity contribution in [2.75, 3.05) is 0 Å². The molecular formula is C26H23NO4. The van der Waals surface area contributed by atoms with Crippen molar-refractivity contribution in [3.8, 4) is 0 Å². The van der Waals surface area contributed by atoms with E-state index in [2.05, 4.69) is 62.4 Å². The molecule has 3 heterocycles. The van der Waals surface area contributed by atoms with Crippen LogP contribution in [0.2, 0.25) is 0 Å². The molecule has 3 aliphatic carbocycles. The normalized spacial score (nSPS) is 41.1. The maximum Gasteiger partial charge on any atom is 0.411 e. The summed E-state index contributed by atoms with van der Waals surface area (Å²) in [6.07, 6.45) is 2.84. The summed E-state index contributed by atoms with van der Waals surface area (Å²) in [5, 5.41) is 0. The molecule has 156 valence electrons. The lowest BCUT2D eigenvalue weighted by Crippen LogP contribution is -2.68. The van der Waals surface area contributed by atoms with E-state index in [-0.39, 0.29) is 24.0 Å². The second kappa shape index (κ2) is 5.46. The molecule has 2 fully saturated rings. The molecular weight excluding hydrogens is 390 g/mol. The summed E-state index contributed by atoms with van der Waals surface area (Å²) >= 11 is 0. The van der Waals surface area contributed by atoms with Gasteiger partial charge < -0.3 is 9.47 Å². The SMILES string of the molecule is CC12c3ccccc3C(C)(c3ccccc31)[C@@H]1[C@H]2OC(=O)N1[C@@H]1C(=O)C[C@H]2C=C[C@@H]1O2. The van der Waals surface area contributed by atoms with E-state index < -0.39 is 29.1 Å². The topological polar surface area (TPSA) is 55.8 Å². The average Bonchev–Trinajstić information content (AvgIpc) is 3.34. The van der Waals surface area contributed by atoms with Crippen LogP contribution in [0.25, 0.3) is 0 Å². The van der Waals surface area contributed by atoms with Gasteiger partial charge in [0.25, 0.3) is 0 Å². The van der Waals surface area contributed by atoms with Crippen LogP contribution in [0.3, 0.4) is 0 Å². The Labute approximate surface area is 180 Å². The van der Waals surface area contributed by atoms with Crippen LogP contribution in [0.4, 0.5) is 4.79 Å². The molecule has 0 aromatic heterocycles. The molecule has 2 saturated heterocycles. The Balaban J connectivity index is 1.50. The summed E-state index contributed by atoms with van der Waals surface area (Å²) in [6.45, 7) is 4.39. The summed E-state index contributed by atoms with van der Waals surface area (Å²) < 4.78 is 12.2. The summed E-state index contributed by atoms with van der Waals surface area (Å²) in [5.41, 5.74) is 3.88. The molecule has 0 spiro atoms. The first-order chi connectivity index (χ1) is 15.0. The number of benzene rings is 2. The zero-order chi connectivity index (χ0) is 21.1. The largest absolute Gasteiger partial charge is 0.443 e. The van der Waals surface area contributed by atoms with Gasteiger partial charge in [-0.1, -0.05) is 60.7 Å². The van der Waals surface area contributed by atoms with Crippen molar-refractivity contribution >= 4 is 11.9 Å². The molecule has 4 bridgehead atoms. The second-order valence-corrected chi connectivity index (χ2v) is 9.79. The first-order valence-corrected chi connectivity index (χ1v) is 11.0. The minimum absolute atomic E-state index is 0.0561. The monoisotopic (exact) mass is 413 g/mol. The van der Waals surface area contributed by atoms with E-state index in [1.807, 2.05) is 12.2 Å². The predicted molar refractivity (Wildman–Crippen MR) is 113 cm³/mol. The van der Waals surface area contributed by atoms with Gasteiger partial charge in [-0.25, -0.2) is 4.79 Å². The molecule has 1 amide bonds. The molecule has 0 radical (unpaired) electrons. The van der Waals surface area contributed by atoms with Gasteiger partial charge in [0.1, 0.15) is 18.2 Å². The van der Waals surface area contributed by atoms with E-state index in [9.17, 15) is 9.59 Å². The maximum absolute atomic E-state index is 13.4. The number of amides is 1. The Morgan fingerprint density at radius 2 is 1.45 bits per heavy atom. The molecule has 6 aliphatic rings. The zero-order valence-electron chi connectivity index (χ0n) is 17.4. The molecule has 3 aliphatic heterocycles. The maximum atomic E-state index is 13.4. The number of hydrogen-bond acceptors (Lipinski definition) is 4. The highest BCUT2D eigenvalue weighted by Gasteiger charge is 2.70. The van der Waals surface area contributed by atoms with Crippen molar-refractivity contribution in [2.45, 2.75) is 61.5 Å². The fraction of sp³-hybridized carbons (Fsp3) is 0.385. The van der Waals surface area contributed by atoms with Crippen molar-refractivity contribution in [3.05, 3.63) is 82.9 Å². The zero-order valence-corrected chi connectivity index (χ0v) is 17.4. The molecule has 5 atom stereocenters. The van der Waals surface area contributed by atoms with Gasteiger partial charge in [0.15, 0.2) is 5.78 Å². The van der Waals surface area contributed by atoms with Crippen molar-refractivity contribution in [3.63, 3.8) is 0 Å². The summed E-state index contributed by atoms with van der Waals surface area (Å²) in [4.78, 5) is 28.3. The number of nitrogens with zero attached hydrogens (tertiary/aromatic N) is 1. The summed E-state index contributed by atoms with van der Waals surface area (Å²) in [6, 6.07) is 16.0. The molecule has 2 aromatic carbocycles. The number of Topliss-reactive ketones (excluding diaryl/α,β-unsaturated/α-hetero) is 1. The van der Waals surface area contributed by atoms with Crippen molar-refractivity contribution in [1.82, 2.24) is 4.90 Å². The molecule has 0 N–H and O–H groups in total. The van der Waals surface area contributed by atoms with Gasteiger partial charge in [0.2, 0.25) is 0 Å². The Hall–Kier alpha value is -2.92. The average molecular weight is 413 g/mol. The molecule has 0 saturated carbocycles. The van der Waals surface area contributed by atoms with Crippen molar-refractivity contribution < 1.29 is 19.1 Å². The molecule has 0 unspecified atom stereocenters. The third kappa shape index (κ3) is 1.85. The Bertz CT molecular complexity index is 1150. The van der Waals surface area contributed by atoms with Crippen molar-refractivity contribution in [2.24, 2.45) is 0 Å². The lowest BCUT2D eigenvalue weighted by molar-refractivity contribution is -0.138. The first kappa shape index (κ1) is 17.7. The highest BCUT2D eigenvalue weighted by molar-refractivity contribution is 5.91. The second-order valence-electron chi connectivity index (χ2n) is 9.79. The fourth-order valence-corrected chi connectivity index (χ4v) is 7.12. The van der Waals surface area contributed by atoms with Gasteiger partial charge >= 0.3 is 6.09 Å². The van der Waals surface area contributed by atoms with Crippen LogP contribution in [0.5, 0.6) is 0 Å². The van der Waals surface area contributed by atoms with E-state index in [0.717, 1.165) is 0 Å². The number of carbonyl (C=O) groups excluding carboxylic acids is 2. The van der Waals surface area contributed by atoms with E-state index in [0.29, 0.717) is 6.42 Å². The quantitative estimate of drug-likeness (QED) is 0.672. The third-order valence-electron chi connectivity index (χ3n) is 8.47. The number of hydrogen-bond donors (Lipinski definition) is 0. The summed E-state index contributed by atoms with van der Waals surface area (Å²) in [5.74, 6) is 0.0561. The molecule has 5 heteroatoms. The Morgan fingerprint density at radius 1 is 0.871 bits per heavy atom. The number of ketones is 1. The lowest BCUT2D eigenvalue weighted by atomic mass is 9.47. The van der Waals surface area contributed by atoms with Gasteiger partial charge in [-0.3, -0.25) is 9.69 Å². The van der Waals surface area contributed by atoms with Crippen LogP contribution in [-0.2, 0) is 25.1 Å². The fourth-order valence-electron chi connectivity index (χ4n) is 7.12. The lowest BCUT2D eigenvalue weighted by Gasteiger charge is -2.59. The van der Waals surface area contributed by atoms with Crippen LogP contribution in [0.1, 0.15) is 42.5 Å². The predicted octanol–water partition coefficient (Wildman–Crippen LogP) is 3.48. The van der Waals surface area contributed by atoms with Crippen LogP contribution < -0.4 is 0 Å². The van der Waals surface area contributed by atoms with E-state index in [1.54, 1.807) is 4.90 Å². The first-order valence-electron chi connectivity index (χ1n) is 11.0. The number of ether oxygens (including phenoxy) is 2. The highest BCUT2D eigenvalue weighted by atomic mass is 16.6. The minimum Gasteiger partial charge on any atom is -0.443 e. The van der Waals surface area contributed by atoms with Crippen LogP contribution in [0, 0.1) is 0 Å². The van der Waals surface area contributed by atoms with Gasteiger partial charge in [0, 0.05) is 11.8 Å². The van der Waals surface area contributed by atoms with Gasteiger partial charge in [-0.15, -0.1) is 0 Å². The smallest absolute Gasteiger partial charge is 0.411 e. The van der Waals surface area contributed by atoms with Crippen LogP contribution in [-0.4, -0.2) is 47.2 Å². The number of carbonyl (C=O) groups is 2.